The lowest BCUT2D eigenvalue weighted by atomic mass is 10.3. The number of rotatable bonds is 4. The van der Waals surface area contributed by atoms with E-state index >= 15 is 0 Å². The van der Waals surface area contributed by atoms with Crippen molar-refractivity contribution in [3.05, 3.63) is 41.6 Å². The molecule has 0 unspecified atom stereocenters. The molecule has 1 N–H and O–H groups in total. The van der Waals surface area contributed by atoms with E-state index in [1.165, 1.54) is 6.26 Å². The smallest absolute Gasteiger partial charge is 0.213 e. The molecule has 0 aliphatic carbocycles. The van der Waals surface area contributed by atoms with Gasteiger partial charge in [0, 0.05) is 6.26 Å². The Kier molecular flexibility index (Phi) is 3.61. The van der Waals surface area contributed by atoms with Crippen molar-refractivity contribution in [1.29, 1.82) is 0 Å². The van der Waals surface area contributed by atoms with Crippen LogP contribution in [0.5, 0.6) is 0 Å². The number of aromatic nitrogens is 1. The highest BCUT2D eigenvalue weighted by Gasteiger charge is 2.13. The van der Waals surface area contributed by atoms with Crippen molar-refractivity contribution < 1.29 is 12.8 Å². The second-order valence-corrected chi connectivity index (χ2v) is 6.36. The van der Waals surface area contributed by atoms with E-state index in [0.29, 0.717) is 18.1 Å². The van der Waals surface area contributed by atoms with Crippen molar-refractivity contribution in [1.82, 2.24) is 4.98 Å². The molecule has 0 spiro atoms. The first kappa shape index (κ1) is 13.6. The molecule has 0 radical (unpaired) electrons. The number of benzene rings is 1. The molecule has 19 heavy (non-hydrogen) atoms. The zero-order valence-corrected chi connectivity index (χ0v) is 11.9. The highest BCUT2D eigenvalue weighted by Crippen LogP contribution is 2.21. The quantitative estimate of drug-likeness (QED) is 0.930. The molecule has 5 nitrogen and oxygen atoms in total. The topological polar surface area (TPSA) is 72.2 Å². The minimum Gasteiger partial charge on any atom is -0.444 e. The van der Waals surface area contributed by atoms with E-state index in [0.717, 1.165) is 11.5 Å². The number of sulfone groups is 1. The Morgan fingerprint density at radius 1 is 1.26 bits per heavy atom. The first-order chi connectivity index (χ1) is 8.88. The number of hydrogen-bond acceptors (Lipinski definition) is 5. The zero-order valence-electron chi connectivity index (χ0n) is 11.1. The molecule has 1 aromatic heterocycles. The standard InChI is InChI=1S/C13H16N2O3S/c1-9-10(2)18-13(15-9)8-14-11-6-4-5-7-12(11)19(3,16)17/h4-7,14H,8H2,1-3H3. The van der Waals surface area contributed by atoms with Gasteiger partial charge in [-0.2, -0.15) is 0 Å². The average molecular weight is 280 g/mol. The SMILES string of the molecule is Cc1nc(CNc2ccccc2S(C)(=O)=O)oc1C. The molecule has 0 bridgehead atoms. The van der Waals surface area contributed by atoms with Crippen LogP contribution in [0.4, 0.5) is 5.69 Å². The van der Waals surface area contributed by atoms with Gasteiger partial charge >= 0.3 is 0 Å². The molecular weight excluding hydrogens is 264 g/mol. The third-order valence-corrected chi connectivity index (χ3v) is 3.94. The minimum atomic E-state index is -3.25. The molecule has 2 rings (SSSR count). The van der Waals surface area contributed by atoms with E-state index in [1.54, 1.807) is 24.3 Å². The van der Waals surface area contributed by atoms with Crippen molar-refractivity contribution in [3.63, 3.8) is 0 Å². The lowest BCUT2D eigenvalue weighted by Crippen LogP contribution is -2.06. The van der Waals surface area contributed by atoms with Crippen molar-refractivity contribution in [3.8, 4) is 0 Å². The van der Waals surface area contributed by atoms with Crippen LogP contribution in [0.15, 0.2) is 33.6 Å². The number of nitrogens with one attached hydrogen (secondary N) is 1. The zero-order chi connectivity index (χ0) is 14.0. The van der Waals surface area contributed by atoms with Crippen LogP contribution in [0.1, 0.15) is 17.3 Å². The third-order valence-electron chi connectivity index (χ3n) is 2.79. The lowest BCUT2D eigenvalue weighted by molar-refractivity contribution is 0.478. The number of para-hydroxylation sites is 1. The summed E-state index contributed by atoms with van der Waals surface area (Å²) in [4.78, 5) is 4.51. The van der Waals surface area contributed by atoms with Crippen molar-refractivity contribution in [2.24, 2.45) is 0 Å². The third kappa shape index (κ3) is 3.14. The van der Waals surface area contributed by atoms with Crippen molar-refractivity contribution >= 4 is 15.5 Å². The minimum absolute atomic E-state index is 0.273. The fourth-order valence-electron chi connectivity index (χ4n) is 1.72. The molecule has 0 amide bonds. The van der Waals surface area contributed by atoms with Gasteiger partial charge < -0.3 is 9.73 Å². The average Bonchev–Trinajstić information content (AvgIpc) is 2.65. The predicted octanol–water partition coefficient (Wildman–Crippen LogP) is 2.31. The van der Waals surface area contributed by atoms with Gasteiger partial charge in [-0.05, 0) is 26.0 Å². The maximum atomic E-state index is 11.6. The Morgan fingerprint density at radius 2 is 1.95 bits per heavy atom. The monoisotopic (exact) mass is 280 g/mol. The Labute approximate surface area is 112 Å². The number of nitrogens with zero attached hydrogens (tertiary/aromatic N) is 1. The maximum Gasteiger partial charge on any atom is 0.213 e. The number of anilines is 1. The lowest BCUT2D eigenvalue weighted by Gasteiger charge is -2.08. The Balaban J connectivity index is 2.21. The molecule has 1 heterocycles. The fourth-order valence-corrected chi connectivity index (χ4v) is 2.59. The molecule has 0 saturated carbocycles. The first-order valence-corrected chi connectivity index (χ1v) is 7.73. The molecule has 102 valence electrons. The summed E-state index contributed by atoms with van der Waals surface area (Å²) in [7, 11) is -3.25. The van der Waals surface area contributed by atoms with Gasteiger partial charge in [0.1, 0.15) is 5.76 Å². The highest BCUT2D eigenvalue weighted by atomic mass is 32.2. The van der Waals surface area contributed by atoms with Gasteiger partial charge in [0.25, 0.3) is 0 Å². The van der Waals surface area contributed by atoms with Gasteiger partial charge in [0.2, 0.25) is 5.89 Å². The van der Waals surface area contributed by atoms with Gasteiger partial charge in [-0.3, -0.25) is 0 Å². The molecule has 0 saturated heterocycles. The van der Waals surface area contributed by atoms with E-state index in [4.69, 9.17) is 4.42 Å². The Hall–Kier alpha value is -1.82. The van der Waals surface area contributed by atoms with Gasteiger partial charge in [-0.25, -0.2) is 13.4 Å². The Bertz CT molecular complexity index is 670. The summed E-state index contributed by atoms with van der Waals surface area (Å²) in [5.41, 5.74) is 1.40. The molecule has 0 fully saturated rings. The summed E-state index contributed by atoms with van der Waals surface area (Å²) in [6.07, 6.45) is 1.19. The maximum absolute atomic E-state index is 11.6. The largest absolute Gasteiger partial charge is 0.444 e. The van der Waals surface area contributed by atoms with Gasteiger partial charge in [-0.1, -0.05) is 12.1 Å². The van der Waals surface area contributed by atoms with Crippen LogP contribution in [0.2, 0.25) is 0 Å². The van der Waals surface area contributed by atoms with Crippen LogP contribution in [0.3, 0.4) is 0 Å². The van der Waals surface area contributed by atoms with Gasteiger partial charge in [-0.15, -0.1) is 0 Å². The van der Waals surface area contributed by atoms with Gasteiger partial charge in [0.15, 0.2) is 9.84 Å². The molecular formula is C13H16N2O3S. The predicted molar refractivity (Wildman–Crippen MR) is 72.9 cm³/mol. The number of aryl methyl sites for hydroxylation is 2. The summed E-state index contributed by atoms with van der Waals surface area (Å²) in [5, 5.41) is 3.04. The van der Waals surface area contributed by atoms with Crippen LogP contribution in [-0.2, 0) is 16.4 Å². The highest BCUT2D eigenvalue weighted by molar-refractivity contribution is 7.90. The second kappa shape index (κ2) is 5.05. The summed E-state index contributed by atoms with van der Waals surface area (Å²) < 4.78 is 28.7. The molecule has 6 heteroatoms. The van der Waals surface area contributed by atoms with E-state index in [1.807, 2.05) is 13.8 Å². The summed E-state index contributed by atoms with van der Waals surface area (Å²) in [6, 6.07) is 6.77. The van der Waals surface area contributed by atoms with E-state index in [2.05, 4.69) is 10.3 Å². The van der Waals surface area contributed by atoms with E-state index in [9.17, 15) is 8.42 Å². The van der Waals surface area contributed by atoms with E-state index in [-0.39, 0.29) is 4.90 Å². The molecule has 0 atom stereocenters. The fraction of sp³-hybridized carbons (Fsp3) is 0.308. The molecule has 0 aliphatic rings. The van der Waals surface area contributed by atoms with Crippen LogP contribution in [-0.4, -0.2) is 19.7 Å². The van der Waals surface area contributed by atoms with Crippen LogP contribution >= 0.6 is 0 Å². The molecule has 0 aliphatic heterocycles. The first-order valence-electron chi connectivity index (χ1n) is 5.84. The van der Waals surface area contributed by atoms with Crippen LogP contribution in [0, 0.1) is 13.8 Å². The van der Waals surface area contributed by atoms with E-state index < -0.39 is 9.84 Å². The van der Waals surface area contributed by atoms with Gasteiger partial charge in [0.05, 0.1) is 22.8 Å². The van der Waals surface area contributed by atoms with Crippen LogP contribution < -0.4 is 5.32 Å². The molecule has 1 aromatic carbocycles. The Morgan fingerprint density at radius 3 is 2.53 bits per heavy atom. The summed E-state index contributed by atoms with van der Waals surface area (Å²) in [5.74, 6) is 1.31. The summed E-state index contributed by atoms with van der Waals surface area (Å²) in [6.45, 7) is 4.06. The number of hydrogen-bond donors (Lipinski definition) is 1. The van der Waals surface area contributed by atoms with Crippen LogP contribution in [0.25, 0.3) is 0 Å². The normalized spacial score (nSPS) is 11.5. The summed E-state index contributed by atoms with van der Waals surface area (Å²) >= 11 is 0. The van der Waals surface area contributed by atoms with Crippen molar-refractivity contribution in [2.75, 3.05) is 11.6 Å². The van der Waals surface area contributed by atoms with Crippen molar-refractivity contribution in [2.45, 2.75) is 25.3 Å². The molecule has 2 aromatic rings. The number of oxazole rings is 1. The second-order valence-electron chi connectivity index (χ2n) is 4.37.